The number of hydrogen-bond donors (Lipinski definition) is 3. The monoisotopic (exact) mass is 239 g/mol. The van der Waals surface area contributed by atoms with E-state index in [9.17, 15) is 0 Å². The summed E-state index contributed by atoms with van der Waals surface area (Å²) in [6.45, 7) is 1.75. The minimum atomic E-state index is 0.430. The second-order valence-corrected chi connectivity index (χ2v) is 3.62. The number of rotatable bonds is 4. The molecular weight excluding hydrogens is 226 g/mol. The molecule has 0 fully saturated rings. The Morgan fingerprint density at radius 3 is 2.81 bits per heavy atom. The summed E-state index contributed by atoms with van der Waals surface area (Å²) in [6, 6.07) is 5.25. The zero-order valence-corrected chi connectivity index (χ0v) is 9.93. The minimum Gasteiger partial charge on any atom is -0.495 e. The Bertz CT molecular complexity index is 429. The topological polar surface area (TPSA) is 71.1 Å². The molecule has 0 aliphatic rings. The van der Waals surface area contributed by atoms with E-state index in [-0.39, 0.29) is 0 Å². The summed E-state index contributed by atoms with van der Waals surface area (Å²) in [5.74, 6) is 1.01. The van der Waals surface area contributed by atoms with Crippen molar-refractivity contribution in [1.29, 1.82) is 5.41 Å². The van der Waals surface area contributed by atoms with Gasteiger partial charge in [-0.1, -0.05) is 11.6 Å². The molecule has 0 aliphatic heterocycles. The average Bonchev–Trinajstić information content (AvgIpc) is 2.30. The lowest BCUT2D eigenvalue weighted by Gasteiger charge is -2.10. The van der Waals surface area contributed by atoms with Crippen LogP contribution >= 0.6 is 11.6 Å². The van der Waals surface area contributed by atoms with E-state index in [4.69, 9.17) is 27.5 Å². The van der Waals surface area contributed by atoms with Gasteiger partial charge in [-0.25, -0.2) is 0 Å². The van der Waals surface area contributed by atoms with Crippen molar-refractivity contribution in [1.82, 2.24) is 0 Å². The largest absolute Gasteiger partial charge is 0.495 e. The Kier molecular flexibility index (Phi) is 4.19. The van der Waals surface area contributed by atoms with Crippen molar-refractivity contribution in [2.24, 2.45) is 5.73 Å². The molecule has 16 heavy (non-hydrogen) atoms. The third kappa shape index (κ3) is 2.90. The molecule has 0 spiro atoms. The van der Waals surface area contributed by atoms with Crippen LogP contribution in [0.1, 0.15) is 6.92 Å². The van der Waals surface area contributed by atoms with Gasteiger partial charge in [-0.2, -0.15) is 0 Å². The van der Waals surface area contributed by atoms with E-state index in [0.29, 0.717) is 22.2 Å². The maximum absolute atomic E-state index is 7.07. The highest BCUT2D eigenvalue weighted by Crippen LogP contribution is 2.27. The first-order valence-corrected chi connectivity index (χ1v) is 5.03. The maximum Gasteiger partial charge on any atom is 0.139 e. The molecule has 4 nitrogen and oxygen atoms in total. The van der Waals surface area contributed by atoms with Crippen LogP contribution in [-0.2, 0) is 0 Å². The van der Waals surface area contributed by atoms with Gasteiger partial charge in [0.05, 0.1) is 12.1 Å². The van der Waals surface area contributed by atoms with Crippen LogP contribution in [-0.4, -0.2) is 13.3 Å². The number of nitrogens with one attached hydrogen (secondary N) is 2. The zero-order valence-electron chi connectivity index (χ0n) is 9.17. The average molecular weight is 240 g/mol. The van der Waals surface area contributed by atoms with Gasteiger partial charge in [0.15, 0.2) is 0 Å². The lowest BCUT2D eigenvalue weighted by atomic mass is 10.2. The summed E-state index contributed by atoms with van der Waals surface area (Å²) in [6.07, 6.45) is 1.19. The van der Waals surface area contributed by atoms with Gasteiger partial charge < -0.3 is 21.2 Å². The predicted octanol–water partition coefficient (Wildman–Crippen LogP) is 2.60. The fraction of sp³-hybridized carbons (Fsp3) is 0.182. The normalized spacial score (nSPS) is 11.7. The van der Waals surface area contributed by atoms with Crippen molar-refractivity contribution in [3.05, 3.63) is 34.6 Å². The number of halogens is 1. The van der Waals surface area contributed by atoms with Gasteiger partial charge in [-0.05, 0) is 19.1 Å². The predicted molar refractivity (Wildman–Crippen MR) is 67.3 cm³/mol. The number of allylic oxidation sites excluding steroid dienone is 1. The second-order valence-electron chi connectivity index (χ2n) is 3.22. The van der Waals surface area contributed by atoms with Crippen LogP contribution < -0.4 is 15.8 Å². The van der Waals surface area contributed by atoms with Crippen molar-refractivity contribution in [3.8, 4) is 5.75 Å². The van der Waals surface area contributed by atoms with E-state index in [1.165, 1.54) is 6.21 Å². The molecule has 0 atom stereocenters. The highest BCUT2D eigenvalue weighted by atomic mass is 35.5. The van der Waals surface area contributed by atoms with Gasteiger partial charge in [0.25, 0.3) is 0 Å². The van der Waals surface area contributed by atoms with Crippen LogP contribution in [0.25, 0.3) is 0 Å². The van der Waals surface area contributed by atoms with Gasteiger partial charge in [0, 0.05) is 23.5 Å². The lowest BCUT2D eigenvalue weighted by Crippen LogP contribution is -2.12. The summed E-state index contributed by atoms with van der Waals surface area (Å²) >= 11 is 5.89. The Morgan fingerprint density at radius 1 is 1.56 bits per heavy atom. The third-order valence-corrected chi connectivity index (χ3v) is 2.38. The van der Waals surface area contributed by atoms with Crippen LogP contribution in [0.15, 0.2) is 29.6 Å². The number of hydrogen-bond acceptors (Lipinski definition) is 4. The molecular formula is C11H14ClN3O. The summed E-state index contributed by atoms with van der Waals surface area (Å²) in [5, 5.41) is 10.6. The fourth-order valence-electron chi connectivity index (χ4n) is 1.07. The maximum atomic E-state index is 7.07. The minimum absolute atomic E-state index is 0.430. The smallest absolute Gasteiger partial charge is 0.139 e. The van der Waals surface area contributed by atoms with Crippen molar-refractivity contribution < 1.29 is 4.74 Å². The van der Waals surface area contributed by atoms with Crippen LogP contribution in [0.2, 0.25) is 5.02 Å². The summed E-state index contributed by atoms with van der Waals surface area (Å²) in [7, 11) is 1.55. The Hall–Kier alpha value is -1.68. The Balaban J connectivity index is 2.95. The van der Waals surface area contributed by atoms with E-state index in [1.807, 2.05) is 0 Å². The lowest BCUT2D eigenvalue weighted by molar-refractivity contribution is 0.415. The number of benzene rings is 1. The van der Waals surface area contributed by atoms with E-state index in [1.54, 1.807) is 32.2 Å². The molecule has 4 N–H and O–H groups in total. The molecule has 1 rings (SSSR count). The molecule has 0 aromatic heterocycles. The van der Waals surface area contributed by atoms with Crippen molar-refractivity contribution in [3.63, 3.8) is 0 Å². The molecule has 1 aromatic carbocycles. The number of methoxy groups -OCH3 is 1. The Morgan fingerprint density at radius 2 is 2.25 bits per heavy atom. The second kappa shape index (κ2) is 5.42. The Labute approximate surface area is 99.6 Å². The van der Waals surface area contributed by atoms with Crippen LogP contribution in [0.5, 0.6) is 5.75 Å². The molecule has 1 aromatic rings. The molecule has 0 aliphatic carbocycles. The molecule has 0 amide bonds. The van der Waals surface area contributed by atoms with Gasteiger partial charge in [-0.3, -0.25) is 0 Å². The quantitative estimate of drug-likeness (QED) is 0.708. The molecule has 0 bridgehead atoms. The highest BCUT2D eigenvalue weighted by Gasteiger charge is 2.03. The first-order valence-electron chi connectivity index (χ1n) is 4.66. The molecule has 0 saturated heterocycles. The van der Waals surface area contributed by atoms with Gasteiger partial charge in [0.2, 0.25) is 0 Å². The molecule has 86 valence electrons. The van der Waals surface area contributed by atoms with Gasteiger partial charge >= 0.3 is 0 Å². The fourth-order valence-corrected chi connectivity index (χ4v) is 1.26. The van der Waals surface area contributed by atoms with E-state index >= 15 is 0 Å². The third-order valence-electron chi connectivity index (χ3n) is 2.07. The first kappa shape index (κ1) is 12.4. The van der Waals surface area contributed by atoms with Crippen molar-refractivity contribution in [2.75, 3.05) is 12.4 Å². The molecule has 0 radical (unpaired) electrons. The number of ether oxygens (including phenoxy) is 1. The van der Waals surface area contributed by atoms with Crippen LogP contribution in [0, 0.1) is 5.41 Å². The van der Waals surface area contributed by atoms with Gasteiger partial charge in [0.1, 0.15) is 11.6 Å². The van der Waals surface area contributed by atoms with E-state index < -0.39 is 0 Å². The summed E-state index contributed by atoms with van der Waals surface area (Å²) in [4.78, 5) is 0. The standard InChI is InChI=1S/C11H14ClN3O/c1-7(6-13)11(14)15-8-3-4-9(12)10(5-8)16-2/h3-6,13,15H,14H2,1-2H3/b11-7+,13-6?. The first-order chi connectivity index (χ1) is 7.58. The van der Waals surface area contributed by atoms with Crippen molar-refractivity contribution >= 4 is 23.5 Å². The number of anilines is 1. The van der Waals surface area contributed by atoms with Crippen LogP contribution in [0.4, 0.5) is 5.69 Å². The molecule has 0 saturated carbocycles. The molecule has 5 heteroatoms. The van der Waals surface area contributed by atoms with E-state index in [0.717, 1.165) is 5.69 Å². The van der Waals surface area contributed by atoms with Crippen molar-refractivity contribution in [2.45, 2.75) is 6.92 Å². The highest BCUT2D eigenvalue weighted by molar-refractivity contribution is 6.32. The van der Waals surface area contributed by atoms with E-state index in [2.05, 4.69) is 5.32 Å². The number of nitrogens with two attached hydrogens (primary N) is 1. The van der Waals surface area contributed by atoms with Gasteiger partial charge in [-0.15, -0.1) is 0 Å². The molecule has 0 heterocycles. The molecule has 0 unspecified atom stereocenters. The van der Waals surface area contributed by atoms with Crippen LogP contribution in [0.3, 0.4) is 0 Å². The summed E-state index contributed by atoms with van der Waals surface area (Å²) < 4.78 is 5.08. The SMILES string of the molecule is COc1cc(N/C(N)=C(\C)C=N)ccc1Cl. The zero-order chi connectivity index (χ0) is 12.1. The summed E-state index contributed by atoms with van der Waals surface area (Å²) in [5.41, 5.74) is 7.16.